The molecule has 0 N–H and O–H groups in total. The van der Waals surface area contributed by atoms with E-state index in [1.165, 1.54) is 6.20 Å². The van der Waals surface area contributed by atoms with Gasteiger partial charge in [-0.3, -0.25) is 0 Å². The normalized spacial score (nSPS) is 25.1. The van der Waals surface area contributed by atoms with Gasteiger partial charge in [0.2, 0.25) is 5.28 Å². The van der Waals surface area contributed by atoms with E-state index >= 15 is 0 Å². The van der Waals surface area contributed by atoms with E-state index in [4.69, 9.17) is 27.6 Å². The predicted molar refractivity (Wildman–Crippen MR) is 118 cm³/mol. The first-order valence-electron chi connectivity index (χ1n) is 10.1. The van der Waals surface area contributed by atoms with Gasteiger partial charge in [-0.15, -0.1) is 0 Å². The maximum atomic E-state index is 14.5. The van der Waals surface area contributed by atoms with Crippen molar-refractivity contribution in [2.75, 3.05) is 18.0 Å². The lowest BCUT2D eigenvalue weighted by Gasteiger charge is -2.40. The van der Waals surface area contributed by atoms with Gasteiger partial charge in [-0.1, -0.05) is 32.4 Å². The van der Waals surface area contributed by atoms with Gasteiger partial charge < -0.3 is 9.33 Å². The lowest BCUT2D eigenvalue weighted by molar-refractivity contribution is 0.145. The van der Waals surface area contributed by atoms with Crippen molar-refractivity contribution in [3.63, 3.8) is 0 Å². The lowest BCUT2D eigenvalue weighted by atomic mass is 9.98. The highest BCUT2D eigenvalue weighted by molar-refractivity contribution is 6.74. The molecule has 2 fully saturated rings. The number of anilines is 1. The number of piperidine rings is 1. The molecule has 4 rings (SSSR count). The molecule has 0 spiro atoms. The lowest BCUT2D eigenvalue weighted by Crippen LogP contribution is -2.46. The van der Waals surface area contributed by atoms with Gasteiger partial charge in [0, 0.05) is 31.3 Å². The highest BCUT2D eigenvalue weighted by Crippen LogP contribution is 2.45. The molecule has 1 aliphatic heterocycles. The summed E-state index contributed by atoms with van der Waals surface area (Å²) in [5.41, 5.74) is 0.118. The molecule has 1 saturated heterocycles. The summed E-state index contributed by atoms with van der Waals surface area (Å²) in [6.45, 7) is 13.1. The van der Waals surface area contributed by atoms with Crippen molar-refractivity contribution in [2.45, 2.75) is 57.8 Å². The van der Waals surface area contributed by atoms with Crippen molar-refractivity contribution < 1.29 is 8.82 Å². The number of hydrogen-bond donors (Lipinski definition) is 0. The SMILES string of the molecule is CC(C)(C)[Si](C)(C)O[C@@H]1C[C@H]2C[C@@H]1CN(c1nc(Cl)nc3c(F)c(Cl)ncc13)C2. The van der Waals surface area contributed by atoms with Crippen LogP contribution in [0, 0.1) is 17.7 Å². The Hall–Kier alpha value is -1.02. The summed E-state index contributed by atoms with van der Waals surface area (Å²) in [5, 5.41) is 0.530. The molecular formula is C20H27Cl2FN4OSi. The van der Waals surface area contributed by atoms with E-state index in [1.807, 2.05) is 0 Å². The Bertz CT molecular complexity index is 952. The molecule has 0 unspecified atom stereocenters. The molecule has 2 aromatic rings. The minimum atomic E-state index is -1.84. The number of hydrogen-bond acceptors (Lipinski definition) is 5. The van der Waals surface area contributed by atoms with E-state index in [0.717, 1.165) is 25.9 Å². The Morgan fingerprint density at radius 3 is 2.59 bits per heavy atom. The average Bonchev–Trinajstić information content (AvgIpc) is 2.89. The third-order valence-electron chi connectivity index (χ3n) is 6.81. The first kappa shape index (κ1) is 21.2. The maximum Gasteiger partial charge on any atom is 0.225 e. The van der Waals surface area contributed by atoms with Gasteiger partial charge >= 0.3 is 0 Å². The zero-order chi connectivity index (χ0) is 21.1. The van der Waals surface area contributed by atoms with E-state index < -0.39 is 14.1 Å². The topological polar surface area (TPSA) is 51.1 Å². The monoisotopic (exact) mass is 456 g/mol. The molecular weight excluding hydrogens is 430 g/mol. The molecule has 158 valence electrons. The van der Waals surface area contributed by atoms with Gasteiger partial charge in [-0.2, -0.15) is 4.98 Å². The molecule has 0 aromatic carbocycles. The summed E-state index contributed by atoms with van der Waals surface area (Å²) in [4.78, 5) is 14.6. The number of halogens is 3. The standard InChI is InChI=1S/C20H27Cl2FN4OSi/c1-20(2,3)29(4,5)28-14-7-11-6-12(14)10-27(9-11)18-13-8-24-17(21)15(23)16(13)25-19(22)26-18/h8,11-12,14H,6-7,9-10H2,1-5H3/t11-,12-,14-/m1/s1. The van der Waals surface area contributed by atoms with Crippen molar-refractivity contribution in [3.05, 3.63) is 22.5 Å². The largest absolute Gasteiger partial charge is 0.414 e. The summed E-state index contributed by atoms with van der Waals surface area (Å²) in [6.07, 6.45) is 4.01. The number of fused-ring (bicyclic) bond motifs is 3. The number of rotatable bonds is 3. The van der Waals surface area contributed by atoms with Gasteiger partial charge in [0.1, 0.15) is 11.3 Å². The molecule has 3 atom stereocenters. The Morgan fingerprint density at radius 1 is 1.17 bits per heavy atom. The molecule has 29 heavy (non-hydrogen) atoms. The van der Waals surface area contributed by atoms with Gasteiger partial charge in [0.15, 0.2) is 19.3 Å². The summed E-state index contributed by atoms with van der Waals surface area (Å²) in [5.74, 6) is 0.925. The molecule has 2 aliphatic rings. The molecule has 0 amide bonds. The van der Waals surface area contributed by atoms with Crippen LogP contribution in [0.2, 0.25) is 28.6 Å². The fraction of sp³-hybridized carbons (Fsp3) is 0.650. The summed E-state index contributed by atoms with van der Waals surface area (Å²) in [7, 11) is -1.84. The minimum Gasteiger partial charge on any atom is -0.414 e. The number of pyridine rings is 1. The van der Waals surface area contributed by atoms with Crippen LogP contribution in [0.4, 0.5) is 10.2 Å². The highest BCUT2D eigenvalue weighted by Gasteiger charge is 2.46. The molecule has 2 bridgehead atoms. The second-order valence-corrected chi connectivity index (χ2v) is 15.3. The Labute approximate surface area is 182 Å². The first-order chi connectivity index (χ1) is 13.5. The molecule has 2 aromatic heterocycles. The molecule has 1 aliphatic carbocycles. The van der Waals surface area contributed by atoms with Crippen molar-refractivity contribution >= 4 is 48.2 Å². The number of aromatic nitrogens is 3. The van der Waals surface area contributed by atoms with Crippen LogP contribution in [0.3, 0.4) is 0 Å². The van der Waals surface area contributed by atoms with Crippen molar-refractivity contribution in [1.29, 1.82) is 0 Å². The summed E-state index contributed by atoms with van der Waals surface area (Å²) in [6, 6.07) is 0. The molecule has 9 heteroatoms. The Balaban J connectivity index is 1.63. The third-order valence-corrected chi connectivity index (χ3v) is 11.7. The first-order valence-corrected chi connectivity index (χ1v) is 13.7. The van der Waals surface area contributed by atoms with Crippen molar-refractivity contribution in [1.82, 2.24) is 15.0 Å². The summed E-state index contributed by atoms with van der Waals surface area (Å²) < 4.78 is 21.2. The van der Waals surface area contributed by atoms with E-state index in [9.17, 15) is 4.39 Å². The van der Waals surface area contributed by atoms with Crippen LogP contribution >= 0.6 is 23.2 Å². The number of nitrogens with zero attached hydrogens (tertiary/aromatic N) is 4. The van der Waals surface area contributed by atoms with Crippen LogP contribution in [0.15, 0.2) is 6.20 Å². The van der Waals surface area contributed by atoms with Gasteiger partial charge in [-0.25, -0.2) is 14.4 Å². The van der Waals surface area contributed by atoms with Crippen molar-refractivity contribution in [3.8, 4) is 0 Å². The zero-order valence-electron chi connectivity index (χ0n) is 17.5. The van der Waals surface area contributed by atoms with Crippen LogP contribution in [0.25, 0.3) is 10.9 Å². The molecule has 1 saturated carbocycles. The second-order valence-electron chi connectivity index (χ2n) is 9.86. The van der Waals surface area contributed by atoms with Crippen LogP contribution in [0.5, 0.6) is 0 Å². The molecule has 3 heterocycles. The third kappa shape index (κ3) is 3.87. The fourth-order valence-electron chi connectivity index (χ4n) is 4.31. The highest BCUT2D eigenvalue weighted by atomic mass is 35.5. The van der Waals surface area contributed by atoms with Crippen molar-refractivity contribution in [2.24, 2.45) is 11.8 Å². The van der Waals surface area contributed by atoms with E-state index in [2.05, 4.69) is 53.7 Å². The quantitative estimate of drug-likeness (QED) is 0.336. The second kappa shape index (κ2) is 7.29. The molecule has 0 radical (unpaired) electrons. The molecule has 5 nitrogen and oxygen atoms in total. The summed E-state index contributed by atoms with van der Waals surface area (Å²) >= 11 is 12.0. The predicted octanol–water partition coefficient (Wildman–Crippen LogP) is 5.71. The Morgan fingerprint density at radius 2 is 1.90 bits per heavy atom. The van der Waals surface area contributed by atoms with Gasteiger partial charge in [0.05, 0.1) is 5.39 Å². The maximum absolute atomic E-state index is 14.5. The van der Waals surface area contributed by atoms with Crippen LogP contribution < -0.4 is 4.90 Å². The smallest absolute Gasteiger partial charge is 0.225 e. The van der Waals surface area contributed by atoms with Crippen LogP contribution in [-0.4, -0.2) is 42.5 Å². The Kier molecular flexibility index (Phi) is 5.33. The van der Waals surface area contributed by atoms with Crippen LogP contribution in [-0.2, 0) is 4.43 Å². The van der Waals surface area contributed by atoms with E-state index in [0.29, 0.717) is 23.0 Å². The minimum absolute atomic E-state index is 0.0145. The van der Waals surface area contributed by atoms with Gasteiger partial charge in [0.25, 0.3) is 0 Å². The van der Waals surface area contributed by atoms with E-state index in [1.54, 1.807) is 0 Å². The average molecular weight is 457 g/mol. The van der Waals surface area contributed by atoms with E-state index in [-0.39, 0.29) is 27.1 Å². The fourth-order valence-corrected chi connectivity index (χ4v) is 6.02. The van der Waals surface area contributed by atoms with Crippen LogP contribution in [0.1, 0.15) is 33.6 Å². The zero-order valence-corrected chi connectivity index (χ0v) is 20.0. The van der Waals surface area contributed by atoms with Gasteiger partial charge in [-0.05, 0) is 48.5 Å².